The largest absolute Gasteiger partial charge is 0.397 e. The average molecular weight is 269 g/mol. The predicted octanol–water partition coefficient (Wildman–Crippen LogP) is 3.34. The van der Waals surface area contributed by atoms with Gasteiger partial charge in [0.1, 0.15) is 0 Å². The van der Waals surface area contributed by atoms with Crippen molar-refractivity contribution >= 4 is 28.2 Å². The van der Waals surface area contributed by atoms with E-state index in [1.54, 1.807) is 12.3 Å². The first-order chi connectivity index (χ1) is 9.60. The highest BCUT2D eigenvalue weighted by atomic mass is 16.2. The summed E-state index contributed by atoms with van der Waals surface area (Å²) in [6, 6.07) is 7.44. The van der Waals surface area contributed by atoms with Gasteiger partial charge in [0.25, 0.3) is 0 Å². The van der Waals surface area contributed by atoms with Gasteiger partial charge in [0, 0.05) is 17.0 Å². The van der Waals surface area contributed by atoms with Gasteiger partial charge in [-0.1, -0.05) is 19.8 Å². The number of carbonyl (C=O) groups is 1. The molecule has 3 rings (SSSR count). The fourth-order valence-corrected chi connectivity index (χ4v) is 2.96. The third-order valence-electron chi connectivity index (χ3n) is 4.30. The van der Waals surface area contributed by atoms with E-state index in [1.807, 2.05) is 25.1 Å². The molecule has 0 aliphatic heterocycles. The highest BCUT2D eigenvalue weighted by Gasteiger charge is 2.36. The quantitative estimate of drug-likeness (QED) is 0.822. The minimum atomic E-state index is -0.240. The van der Waals surface area contributed by atoms with Crippen molar-refractivity contribution in [3.63, 3.8) is 0 Å². The first-order valence-electron chi connectivity index (χ1n) is 7.05. The zero-order chi connectivity index (χ0) is 14.2. The lowest BCUT2D eigenvalue weighted by molar-refractivity contribution is -0.124. The third-order valence-corrected chi connectivity index (χ3v) is 4.30. The molecule has 1 amide bonds. The van der Waals surface area contributed by atoms with E-state index in [4.69, 9.17) is 5.73 Å². The molecule has 3 N–H and O–H groups in total. The van der Waals surface area contributed by atoms with Crippen LogP contribution in [-0.4, -0.2) is 10.9 Å². The van der Waals surface area contributed by atoms with Gasteiger partial charge in [0.2, 0.25) is 5.91 Å². The van der Waals surface area contributed by atoms with Crippen molar-refractivity contribution in [1.29, 1.82) is 0 Å². The van der Waals surface area contributed by atoms with Gasteiger partial charge in [-0.2, -0.15) is 0 Å². The van der Waals surface area contributed by atoms with Crippen LogP contribution in [0.3, 0.4) is 0 Å². The van der Waals surface area contributed by atoms with Crippen molar-refractivity contribution < 1.29 is 4.79 Å². The number of hydrogen-bond donors (Lipinski definition) is 2. The molecule has 1 aromatic carbocycles. The number of hydrogen-bond acceptors (Lipinski definition) is 3. The van der Waals surface area contributed by atoms with Crippen molar-refractivity contribution in [2.45, 2.75) is 32.6 Å². The van der Waals surface area contributed by atoms with Crippen LogP contribution in [0.4, 0.5) is 11.4 Å². The average Bonchev–Trinajstić information content (AvgIpc) is 2.90. The molecule has 104 valence electrons. The van der Waals surface area contributed by atoms with Crippen LogP contribution in [-0.2, 0) is 4.79 Å². The second kappa shape index (κ2) is 4.78. The van der Waals surface area contributed by atoms with Crippen molar-refractivity contribution in [2.75, 3.05) is 11.1 Å². The third kappa shape index (κ3) is 2.11. The zero-order valence-corrected chi connectivity index (χ0v) is 11.6. The molecule has 0 radical (unpaired) electrons. The molecule has 1 heterocycles. The molecule has 1 saturated carbocycles. The fraction of sp³-hybridized carbons (Fsp3) is 0.375. The standard InChI is InChI=1S/C16H19N3O/c1-16(8-2-3-9-16)15(20)19-13-7-6-12(17)14-11(13)5-4-10-18-14/h4-7,10H,2-3,8-9,17H2,1H3,(H,19,20). The first kappa shape index (κ1) is 12.9. The Labute approximate surface area is 118 Å². The van der Waals surface area contributed by atoms with Crippen LogP contribution in [0.25, 0.3) is 10.9 Å². The number of rotatable bonds is 2. The van der Waals surface area contributed by atoms with Gasteiger partial charge in [0.15, 0.2) is 0 Å². The number of nitrogens with two attached hydrogens (primary N) is 1. The molecule has 1 aliphatic rings. The number of aromatic nitrogens is 1. The topological polar surface area (TPSA) is 68.0 Å². The van der Waals surface area contributed by atoms with Crippen molar-refractivity contribution in [1.82, 2.24) is 4.98 Å². The van der Waals surface area contributed by atoms with Crippen LogP contribution in [0.1, 0.15) is 32.6 Å². The minimum Gasteiger partial charge on any atom is -0.397 e. The highest BCUT2D eigenvalue weighted by molar-refractivity contribution is 6.05. The summed E-state index contributed by atoms with van der Waals surface area (Å²) in [6.45, 7) is 2.05. The number of amides is 1. The summed E-state index contributed by atoms with van der Waals surface area (Å²) in [7, 11) is 0. The molecule has 1 fully saturated rings. The normalized spacial score (nSPS) is 17.2. The number of nitrogens with one attached hydrogen (secondary N) is 1. The van der Waals surface area contributed by atoms with Gasteiger partial charge in [-0.3, -0.25) is 9.78 Å². The summed E-state index contributed by atoms with van der Waals surface area (Å²) in [5.74, 6) is 0.102. The SMILES string of the molecule is CC1(C(=O)Nc2ccc(N)c3ncccc23)CCCC1. The van der Waals surface area contributed by atoms with Crippen LogP contribution >= 0.6 is 0 Å². The molecule has 0 spiro atoms. The molecule has 4 heteroatoms. The summed E-state index contributed by atoms with van der Waals surface area (Å²) in [5.41, 5.74) is 7.85. The lowest BCUT2D eigenvalue weighted by Crippen LogP contribution is -2.30. The van der Waals surface area contributed by atoms with E-state index < -0.39 is 0 Å². The zero-order valence-electron chi connectivity index (χ0n) is 11.6. The van der Waals surface area contributed by atoms with Crippen molar-refractivity contribution in [3.8, 4) is 0 Å². The first-order valence-corrected chi connectivity index (χ1v) is 7.05. The van der Waals surface area contributed by atoms with E-state index in [0.717, 1.165) is 42.3 Å². The lowest BCUT2D eigenvalue weighted by Gasteiger charge is -2.22. The fourth-order valence-electron chi connectivity index (χ4n) is 2.96. The van der Waals surface area contributed by atoms with Gasteiger partial charge in [-0.05, 0) is 37.1 Å². The van der Waals surface area contributed by atoms with Crippen LogP contribution in [0.5, 0.6) is 0 Å². The Morgan fingerprint density at radius 2 is 2.05 bits per heavy atom. The number of nitrogens with zero attached hydrogens (tertiary/aromatic N) is 1. The van der Waals surface area contributed by atoms with Gasteiger partial charge in [-0.15, -0.1) is 0 Å². The van der Waals surface area contributed by atoms with Crippen LogP contribution in [0, 0.1) is 5.41 Å². The Hall–Kier alpha value is -2.10. The summed E-state index contributed by atoms with van der Waals surface area (Å²) in [6.07, 6.45) is 5.90. The Morgan fingerprint density at radius 1 is 1.30 bits per heavy atom. The minimum absolute atomic E-state index is 0.102. The lowest BCUT2D eigenvalue weighted by atomic mass is 9.87. The van der Waals surface area contributed by atoms with E-state index >= 15 is 0 Å². The number of carbonyl (C=O) groups excluding carboxylic acids is 1. The maximum absolute atomic E-state index is 12.5. The van der Waals surface area contributed by atoms with Crippen molar-refractivity contribution in [2.24, 2.45) is 5.41 Å². The molecule has 1 aromatic heterocycles. The Kier molecular flexibility index (Phi) is 3.08. The van der Waals surface area contributed by atoms with Gasteiger partial charge in [0.05, 0.1) is 16.9 Å². The van der Waals surface area contributed by atoms with Crippen LogP contribution < -0.4 is 11.1 Å². The Balaban J connectivity index is 1.95. The molecular weight excluding hydrogens is 250 g/mol. The molecule has 4 nitrogen and oxygen atoms in total. The monoisotopic (exact) mass is 269 g/mol. The second-order valence-electron chi connectivity index (χ2n) is 5.82. The van der Waals surface area contributed by atoms with E-state index in [2.05, 4.69) is 10.3 Å². The number of fused-ring (bicyclic) bond motifs is 1. The highest BCUT2D eigenvalue weighted by Crippen LogP contribution is 2.39. The second-order valence-corrected chi connectivity index (χ2v) is 5.82. The molecule has 0 unspecified atom stereocenters. The van der Waals surface area contributed by atoms with E-state index in [-0.39, 0.29) is 11.3 Å². The summed E-state index contributed by atoms with van der Waals surface area (Å²) < 4.78 is 0. The molecule has 20 heavy (non-hydrogen) atoms. The number of pyridine rings is 1. The number of nitrogen functional groups attached to an aromatic ring is 1. The van der Waals surface area contributed by atoms with Crippen LogP contribution in [0.15, 0.2) is 30.5 Å². The summed E-state index contributed by atoms with van der Waals surface area (Å²) >= 11 is 0. The number of benzene rings is 1. The number of anilines is 2. The van der Waals surface area contributed by atoms with E-state index in [9.17, 15) is 4.79 Å². The molecule has 1 aliphatic carbocycles. The predicted molar refractivity (Wildman–Crippen MR) is 81.4 cm³/mol. The molecule has 0 saturated heterocycles. The summed E-state index contributed by atoms with van der Waals surface area (Å²) in [4.78, 5) is 16.8. The maximum Gasteiger partial charge on any atom is 0.230 e. The maximum atomic E-state index is 12.5. The van der Waals surface area contributed by atoms with Gasteiger partial charge < -0.3 is 11.1 Å². The Morgan fingerprint density at radius 3 is 2.80 bits per heavy atom. The Bertz CT molecular complexity index is 660. The molecule has 0 bridgehead atoms. The van der Waals surface area contributed by atoms with Crippen LogP contribution in [0.2, 0.25) is 0 Å². The summed E-state index contributed by atoms with van der Waals surface area (Å²) in [5, 5.41) is 3.95. The molecule has 2 aromatic rings. The van der Waals surface area contributed by atoms with E-state index in [0.29, 0.717) is 5.69 Å². The smallest absolute Gasteiger partial charge is 0.230 e. The van der Waals surface area contributed by atoms with Gasteiger partial charge in [-0.25, -0.2) is 0 Å². The van der Waals surface area contributed by atoms with Gasteiger partial charge >= 0.3 is 0 Å². The van der Waals surface area contributed by atoms with E-state index in [1.165, 1.54) is 0 Å². The molecule has 0 atom stereocenters. The van der Waals surface area contributed by atoms with Crippen molar-refractivity contribution in [3.05, 3.63) is 30.5 Å². The molecular formula is C16H19N3O.